The van der Waals surface area contributed by atoms with Gasteiger partial charge in [0.2, 0.25) is 0 Å². The molecule has 1 nitrogen and oxygen atoms in total. The molecule has 94 valence electrons. The zero-order chi connectivity index (χ0) is 12.8. The molecule has 0 saturated heterocycles. The predicted molar refractivity (Wildman–Crippen MR) is 74.0 cm³/mol. The molecule has 1 aliphatic rings. The van der Waals surface area contributed by atoms with Crippen molar-refractivity contribution in [1.82, 2.24) is 5.32 Å². The lowest BCUT2D eigenvalue weighted by Crippen LogP contribution is -2.22. The highest BCUT2D eigenvalue weighted by molar-refractivity contribution is 5.33. The third kappa shape index (κ3) is 1.72. The molecule has 1 aromatic carbocycles. The van der Waals surface area contributed by atoms with Crippen LogP contribution in [0.4, 0.5) is 0 Å². The van der Waals surface area contributed by atoms with Crippen LogP contribution in [0.15, 0.2) is 24.3 Å². The number of rotatable bonds is 3. The number of nitrogens with one attached hydrogen (secondary N) is 1. The third-order valence-electron chi connectivity index (χ3n) is 5.30. The maximum Gasteiger partial charge on any atom is 0.0359 e. The van der Waals surface area contributed by atoms with Crippen molar-refractivity contribution >= 4 is 0 Å². The van der Waals surface area contributed by atoms with Crippen LogP contribution in [0.5, 0.6) is 0 Å². The first-order chi connectivity index (χ1) is 7.84. The number of hydrogen-bond donors (Lipinski definition) is 1. The summed E-state index contributed by atoms with van der Waals surface area (Å²) in [6.45, 7) is 11.8. The summed E-state index contributed by atoms with van der Waals surface area (Å²) in [7, 11) is 2.08. The summed E-state index contributed by atoms with van der Waals surface area (Å²) in [6, 6.07) is 9.22. The SMILES string of the molecule is CNC(c1ccccc1C)C1C(C)(C)C1(C)C. The summed E-state index contributed by atoms with van der Waals surface area (Å²) < 4.78 is 0. The molecule has 0 radical (unpaired) electrons. The first-order valence-electron chi connectivity index (χ1n) is 6.57. The summed E-state index contributed by atoms with van der Waals surface area (Å²) in [5.74, 6) is 0.709. The lowest BCUT2D eigenvalue weighted by molar-refractivity contribution is 0.436. The van der Waals surface area contributed by atoms with Gasteiger partial charge in [0.05, 0.1) is 0 Å². The minimum Gasteiger partial charge on any atom is -0.313 e. The van der Waals surface area contributed by atoms with E-state index in [-0.39, 0.29) is 0 Å². The van der Waals surface area contributed by atoms with E-state index in [0.29, 0.717) is 22.8 Å². The molecule has 0 aliphatic heterocycles. The van der Waals surface area contributed by atoms with Crippen molar-refractivity contribution in [1.29, 1.82) is 0 Å². The van der Waals surface area contributed by atoms with Crippen molar-refractivity contribution in [3.63, 3.8) is 0 Å². The average molecular weight is 231 g/mol. The van der Waals surface area contributed by atoms with Crippen LogP contribution in [0.1, 0.15) is 44.9 Å². The van der Waals surface area contributed by atoms with E-state index in [1.54, 1.807) is 0 Å². The molecule has 1 atom stereocenters. The van der Waals surface area contributed by atoms with Gasteiger partial charge in [-0.25, -0.2) is 0 Å². The van der Waals surface area contributed by atoms with Gasteiger partial charge in [0.25, 0.3) is 0 Å². The van der Waals surface area contributed by atoms with Crippen molar-refractivity contribution in [2.45, 2.75) is 40.7 Å². The van der Waals surface area contributed by atoms with Gasteiger partial charge >= 0.3 is 0 Å². The molecule has 0 spiro atoms. The van der Waals surface area contributed by atoms with E-state index in [0.717, 1.165) is 0 Å². The summed E-state index contributed by atoms with van der Waals surface area (Å²) in [6.07, 6.45) is 0. The Bertz CT molecular complexity index is 403. The molecular weight excluding hydrogens is 206 g/mol. The maximum atomic E-state index is 3.53. The second kappa shape index (κ2) is 3.84. The van der Waals surface area contributed by atoms with Gasteiger partial charge in [-0.2, -0.15) is 0 Å². The lowest BCUT2D eigenvalue weighted by atomic mass is 9.93. The largest absolute Gasteiger partial charge is 0.313 e. The van der Waals surface area contributed by atoms with Crippen LogP contribution in [0, 0.1) is 23.7 Å². The van der Waals surface area contributed by atoms with Crippen LogP contribution >= 0.6 is 0 Å². The van der Waals surface area contributed by atoms with Gasteiger partial charge < -0.3 is 5.32 Å². The molecule has 1 aliphatic carbocycles. The summed E-state index contributed by atoms with van der Waals surface area (Å²) in [5.41, 5.74) is 3.69. The second-order valence-corrected chi connectivity index (χ2v) is 6.54. The molecular formula is C16H25N. The normalized spacial score (nSPS) is 23.4. The molecule has 0 heterocycles. The Balaban J connectivity index is 2.35. The summed E-state index contributed by atoms with van der Waals surface area (Å²) >= 11 is 0. The van der Waals surface area contributed by atoms with Gasteiger partial charge in [-0.05, 0) is 41.8 Å². The predicted octanol–water partition coefficient (Wildman–Crippen LogP) is 3.94. The molecule has 1 heteroatoms. The van der Waals surface area contributed by atoms with Crippen molar-refractivity contribution in [3.8, 4) is 0 Å². The maximum absolute atomic E-state index is 3.53. The van der Waals surface area contributed by atoms with Crippen molar-refractivity contribution in [2.24, 2.45) is 16.7 Å². The highest BCUT2D eigenvalue weighted by Gasteiger charge is 2.67. The lowest BCUT2D eigenvalue weighted by Gasteiger charge is -2.21. The van der Waals surface area contributed by atoms with Crippen LogP contribution in [0.2, 0.25) is 0 Å². The van der Waals surface area contributed by atoms with Crippen LogP contribution < -0.4 is 5.32 Å². The zero-order valence-electron chi connectivity index (χ0n) is 12.0. The fourth-order valence-electron chi connectivity index (χ4n) is 3.52. The summed E-state index contributed by atoms with van der Waals surface area (Å²) in [5, 5.41) is 3.53. The first kappa shape index (κ1) is 12.6. The van der Waals surface area contributed by atoms with E-state index in [9.17, 15) is 0 Å². The molecule has 1 N–H and O–H groups in total. The third-order valence-corrected chi connectivity index (χ3v) is 5.30. The van der Waals surface area contributed by atoms with Gasteiger partial charge in [0.15, 0.2) is 0 Å². The average Bonchev–Trinajstić information content (AvgIpc) is 2.64. The Morgan fingerprint density at radius 2 is 1.59 bits per heavy atom. The van der Waals surface area contributed by atoms with Gasteiger partial charge in [0.1, 0.15) is 0 Å². The van der Waals surface area contributed by atoms with Crippen LogP contribution in [0.3, 0.4) is 0 Å². The van der Waals surface area contributed by atoms with E-state index in [4.69, 9.17) is 0 Å². The standard InChI is InChI=1S/C16H25N/c1-11-9-7-8-10-12(11)13(17-6)14-15(2,3)16(14,4)5/h7-10,13-14,17H,1-6H3. The molecule has 0 aromatic heterocycles. The van der Waals surface area contributed by atoms with Crippen molar-refractivity contribution in [2.75, 3.05) is 7.05 Å². The highest BCUT2D eigenvalue weighted by Crippen LogP contribution is 2.72. The Hall–Kier alpha value is -0.820. The number of hydrogen-bond acceptors (Lipinski definition) is 1. The minimum absolute atomic E-state index is 0.420. The van der Waals surface area contributed by atoms with E-state index in [1.165, 1.54) is 11.1 Å². The molecule has 1 saturated carbocycles. The Labute approximate surface area is 106 Å². The number of benzene rings is 1. The molecule has 0 bridgehead atoms. The van der Waals surface area contributed by atoms with Gasteiger partial charge in [-0.15, -0.1) is 0 Å². The van der Waals surface area contributed by atoms with Gasteiger partial charge in [-0.1, -0.05) is 52.0 Å². The van der Waals surface area contributed by atoms with E-state index >= 15 is 0 Å². The second-order valence-electron chi connectivity index (χ2n) is 6.54. The van der Waals surface area contributed by atoms with Crippen molar-refractivity contribution < 1.29 is 0 Å². The highest BCUT2D eigenvalue weighted by atomic mass is 14.9. The quantitative estimate of drug-likeness (QED) is 0.831. The monoisotopic (exact) mass is 231 g/mol. The van der Waals surface area contributed by atoms with Crippen molar-refractivity contribution in [3.05, 3.63) is 35.4 Å². The fraction of sp³-hybridized carbons (Fsp3) is 0.625. The molecule has 1 fully saturated rings. The van der Waals surface area contributed by atoms with Crippen LogP contribution in [-0.4, -0.2) is 7.05 Å². The van der Waals surface area contributed by atoms with Gasteiger partial charge in [-0.3, -0.25) is 0 Å². The molecule has 2 rings (SSSR count). The Kier molecular flexibility index (Phi) is 2.86. The van der Waals surface area contributed by atoms with Crippen LogP contribution in [0.25, 0.3) is 0 Å². The smallest absolute Gasteiger partial charge is 0.0359 e. The fourth-order valence-corrected chi connectivity index (χ4v) is 3.52. The van der Waals surface area contributed by atoms with Gasteiger partial charge in [0, 0.05) is 6.04 Å². The van der Waals surface area contributed by atoms with E-state index in [1.807, 2.05) is 0 Å². The van der Waals surface area contributed by atoms with E-state index < -0.39 is 0 Å². The van der Waals surface area contributed by atoms with E-state index in [2.05, 4.69) is 71.2 Å². The molecule has 1 unspecified atom stereocenters. The zero-order valence-corrected chi connectivity index (χ0v) is 12.0. The Morgan fingerprint density at radius 1 is 1.06 bits per heavy atom. The van der Waals surface area contributed by atoms with Crippen LogP contribution in [-0.2, 0) is 0 Å². The topological polar surface area (TPSA) is 12.0 Å². The summed E-state index contributed by atoms with van der Waals surface area (Å²) in [4.78, 5) is 0. The molecule has 1 aromatic rings. The molecule has 17 heavy (non-hydrogen) atoms. The molecule has 0 amide bonds. The first-order valence-corrected chi connectivity index (χ1v) is 6.57. The number of aryl methyl sites for hydroxylation is 1. The minimum atomic E-state index is 0.420. The Morgan fingerprint density at radius 3 is 2.00 bits per heavy atom.